The number of hydrogen-bond acceptors (Lipinski definition) is 3. The molecule has 7 heteroatoms. The van der Waals surface area contributed by atoms with Gasteiger partial charge in [0.15, 0.2) is 5.69 Å². The minimum Gasteiger partial charge on any atom is -0.476 e. The number of H-pyrrole nitrogens is 1. The van der Waals surface area contributed by atoms with Crippen molar-refractivity contribution in [1.29, 1.82) is 0 Å². The van der Waals surface area contributed by atoms with E-state index < -0.39 is 12.6 Å². The number of hydrogen-bond donors (Lipinski definition) is 2. The molecule has 0 unspecified atom stereocenters. The van der Waals surface area contributed by atoms with Crippen molar-refractivity contribution >= 4 is 5.97 Å². The van der Waals surface area contributed by atoms with E-state index in [9.17, 15) is 13.6 Å². The Hall–Kier alpha value is -2.44. The van der Waals surface area contributed by atoms with Gasteiger partial charge in [0.25, 0.3) is 0 Å². The fourth-order valence-electron chi connectivity index (χ4n) is 1.60. The van der Waals surface area contributed by atoms with E-state index in [2.05, 4.69) is 14.7 Å². The quantitative estimate of drug-likeness (QED) is 0.893. The molecule has 2 N–H and O–H groups in total. The van der Waals surface area contributed by atoms with Gasteiger partial charge in [-0.1, -0.05) is 0 Å². The van der Waals surface area contributed by atoms with Crippen LogP contribution in [0.3, 0.4) is 0 Å². The highest BCUT2D eigenvalue weighted by Crippen LogP contribution is 2.22. The Bertz CT molecular complexity index is 594. The van der Waals surface area contributed by atoms with Crippen LogP contribution >= 0.6 is 0 Å². The molecule has 0 bridgehead atoms. The van der Waals surface area contributed by atoms with Crippen LogP contribution in [0, 0.1) is 6.92 Å². The number of nitrogens with zero attached hydrogens (tertiary/aromatic N) is 1. The maximum Gasteiger partial charge on any atom is 0.387 e. The standard InChI is InChI=1S/C12H10F2N2O3/c1-6-9(11(17)18)16-10(15-6)7-2-4-8(5-3-7)19-12(13)14/h2-5,12H,1H3,(H,15,16)(H,17,18). The first-order valence-electron chi connectivity index (χ1n) is 5.32. The molecule has 2 rings (SSSR count). The number of aromatic carboxylic acids is 1. The van der Waals surface area contributed by atoms with Crippen LogP contribution in [0.15, 0.2) is 24.3 Å². The smallest absolute Gasteiger partial charge is 0.387 e. The summed E-state index contributed by atoms with van der Waals surface area (Å²) in [4.78, 5) is 17.6. The van der Waals surface area contributed by atoms with Gasteiger partial charge in [-0.3, -0.25) is 0 Å². The lowest BCUT2D eigenvalue weighted by atomic mass is 10.2. The van der Waals surface area contributed by atoms with Crippen LogP contribution in [0.1, 0.15) is 16.2 Å². The highest BCUT2D eigenvalue weighted by Gasteiger charge is 2.14. The zero-order chi connectivity index (χ0) is 14.0. The third-order valence-electron chi connectivity index (χ3n) is 2.44. The van der Waals surface area contributed by atoms with Gasteiger partial charge in [-0.25, -0.2) is 9.78 Å². The van der Waals surface area contributed by atoms with E-state index in [1.807, 2.05) is 0 Å². The molecule has 0 aliphatic rings. The number of carboxylic acids is 1. The molecule has 100 valence electrons. The number of imidazole rings is 1. The lowest BCUT2D eigenvalue weighted by molar-refractivity contribution is -0.0498. The Morgan fingerprint density at radius 2 is 2.00 bits per heavy atom. The van der Waals surface area contributed by atoms with Gasteiger partial charge < -0.3 is 14.8 Å². The molecule has 0 spiro atoms. The van der Waals surface area contributed by atoms with Crippen molar-refractivity contribution in [3.8, 4) is 17.1 Å². The second-order valence-corrected chi connectivity index (χ2v) is 3.77. The topological polar surface area (TPSA) is 75.2 Å². The van der Waals surface area contributed by atoms with E-state index in [1.54, 1.807) is 6.92 Å². The predicted octanol–water partition coefficient (Wildman–Crippen LogP) is 2.68. The lowest BCUT2D eigenvalue weighted by Crippen LogP contribution is -2.01. The molecule has 0 saturated heterocycles. The molecule has 1 heterocycles. The largest absolute Gasteiger partial charge is 0.476 e. The second-order valence-electron chi connectivity index (χ2n) is 3.77. The van der Waals surface area contributed by atoms with Gasteiger partial charge in [-0.2, -0.15) is 8.78 Å². The Balaban J connectivity index is 2.27. The molecule has 0 atom stereocenters. The molecule has 0 aliphatic heterocycles. The third-order valence-corrected chi connectivity index (χ3v) is 2.44. The normalized spacial score (nSPS) is 10.7. The van der Waals surface area contributed by atoms with Crippen molar-refractivity contribution in [2.75, 3.05) is 0 Å². The molecular weight excluding hydrogens is 258 g/mol. The molecule has 0 saturated carbocycles. The van der Waals surface area contributed by atoms with Crippen LogP contribution < -0.4 is 4.74 Å². The van der Waals surface area contributed by atoms with Gasteiger partial charge in [0, 0.05) is 11.3 Å². The van der Waals surface area contributed by atoms with E-state index in [-0.39, 0.29) is 11.4 Å². The highest BCUT2D eigenvalue weighted by molar-refractivity contribution is 5.87. The molecule has 1 aromatic carbocycles. The number of carbonyl (C=O) groups is 1. The minimum absolute atomic E-state index is 0.0282. The average Bonchev–Trinajstić information content (AvgIpc) is 2.71. The van der Waals surface area contributed by atoms with Crippen LogP contribution in [-0.4, -0.2) is 27.7 Å². The van der Waals surface area contributed by atoms with Gasteiger partial charge in [0.1, 0.15) is 11.6 Å². The van der Waals surface area contributed by atoms with Crippen molar-refractivity contribution in [1.82, 2.24) is 9.97 Å². The molecule has 2 aromatic rings. The number of rotatable bonds is 4. The summed E-state index contributed by atoms with van der Waals surface area (Å²) < 4.78 is 28.2. The van der Waals surface area contributed by atoms with Crippen molar-refractivity contribution in [2.45, 2.75) is 13.5 Å². The Morgan fingerprint density at radius 1 is 1.37 bits per heavy atom. The number of aromatic nitrogens is 2. The highest BCUT2D eigenvalue weighted by atomic mass is 19.3. The predicted molar refractivity (Wildman–Crippen MR) is 62.4 cm³/mol. The van der Waals surface area contributed by atoms with E-state index in [4.69, 9.17) is 5.11 Å². The second kappa shape index (κ2) is 5.05. The first-order valence-corrected chi connectivity index (χ1v) is 5.32. The molecule has 5 nitrogen and oxygen atoms in total. The zero-order valence-corrected chi connectivity index (χ0v) is 9.85. The van der Waals surface area contributed by atoms with Crippen LogP contribution in [0.5, 0.6) is 5.75 Å². The fourth-order valence-corrected chi connectivity index (χ4v) is 1.60. The van der Waals surface area contributed by atoms with Gasteiger partial charge in [0.05, 0.1) is 0 Å². The van der Waals surface area contributed by atoms with E-state index in [0.717, 1.165) is 0 Å². The Morgan fingerprint density at radius 3 is 2.47 bits per heavy atom. The number of ether oxygens (including phenoxy) is 1. The Kier molecular flexibility index (Phi) is 3.46. The molecule has 19 heavy (non-hydrogen) atoms. The summed E-state index contributed by atoms with van der Waals surface area (Å²) >= 11 is 0. The maximum atomic E-state index is 12.0. The number of benzene rings is 1. The zero-order valence-electron chi connectivity index (χ0n) is 9.85. The number of aryl methyl sites for hydroxylation is 1. The van der Waals surface area contributed by atoms with Crippen molar-refractivity contribution < 1.29 is 23.4 Å². The average molecular weight is 268 g/mol. The lowest BCUT2D eigenvalue weighted by Gasteiger charge is -2.04. The SMILES string of the molecule is Cc1[nH]c(-c2ccc(OC(F)F)cc2)nc1C(=O)O. The first kappa shape index (κ1) is 13.0. The summed E-state index contributed by atoms with van der Waals surface area (Å²) in [6, 6.07) is 5.75. The summed E-state index contributed by atoms with van der Waals surface area (Å²) in [7, 11) is 0. The third kappa shape index (κ3) is 2.87. The van der Waals surface area contributed by atoms with Crippen LogP contribution in [-0.2, 0) is 0 Å². The molecule has 0 radical (unpaired) electrons. The van der Waals surface area contributed by atoms with Crippen molar-refractivity contribution in [3.05, 3.63) is 35.7 Å². The van der Waals surface area contributed by atoms with Crippen LogP contribution in [0.2, 0.25) is 0 Å². The van der Waals surface area contributed by atoms with E-state index in [0.29, 0.717) is 17.1 Å². The number of halogens is 2. The monoisotopic (exact) mass is 268 g/mol. The molecular formula is C12H10F2N2O3. The summed E-state index contributed by atoms with van der Waals surface area (Å²) in [5, 5.41) is 8.88. The van der Waals surface area contributed by atoms with Crippen LogP contribution in [0.4, 0.5) is 8.78 Å². The Labute approximate surface area is 106 Å². The number of aromatic amines is 1. The van der Waals surface area contributed by atoms with Crippen molar-refractivity contribution in [3.63, 3.8) is 0 Å². The number of nitrogens with one attached hydrogen (secondary N) is 1. The van der Waals surface area contributed by atoms with Gasteiger partial charge in [-0.05, 0) is 31.2 Å². The van der Waals surface area contributed by atoms with Crippen molar-refractivity contribution in [2.24, 2.45) is 0 Å². The summed E-state index contributed by atoms with van der Waals surface area (Å²) in [5.41, 5.74) is 0.940. The van der Waals surface area contributed by atoms with E-state index >= 15 is 0 Å². The van der Waals surface area contributed by atoms with E-state index in [1.165, 1.54) is 24.3 Å². The maximum absolute atomic E-state index is 12.0. The summed E-state index contributed by atoms with van der Waals surface area (Å²) in [6.07, 6.45) is 0. The van der Waals surface area contributed by atoms with Gasteiger partial charge in [0.2, 0.25) is 0 Å². The number of carboxylic acid groups (broad SMARTS) is 1. The van der Waals surface area contributed by atoms with Gasteiger partial charge >= 0.3 is 12.6 Å². The number of alkyl halides is 2. The van der Waals surface area contributed by atoms with Crippen LogP contribution in [0.25, 0.3) is 11.4 Å². The summed E-state index contributed by atoms with van der Waals surface area (Å²) in [5.74, 6) is -0.739. The molecule has 1 aromatic heterocycles. The minimum atomic E-state index is -2.88. The first-order chi connectivity index (χ1) is 8.97. The fraction of sp³-hybridized carbons (Fsp3) is 0.167. The molecule has 0 fully saturated rings. The van der Waals surface area contributed by atoms with Gasteiger partial charge in [-0.15, -0.1) is 0 Å². The summed E-state index contributed by atoms with van der Waals surface area (Å²) in [6.45, 7) is -1.29. The molecule has 0 aliphatic carbocycles. The molecule has 0 amide bonds.